The van der Waals surface area contributed by atoms with E-state index >= 15 is 0 Å². The van der Waals surface area contributed by atoms with E-state index in [9.17, 15) is 19.2 Å². The van der Waals surface area contributed by atoms with Crippen LogP contribution in [0.25, 0.3) is 0 Å². The summed E-state index contributed by atoms with van der Waals surface area (Å²) in [5.74, 6) is -1.35. The Labute approximate surface area is 264 Å². The van der Waals surface area contributed by atoms with Crippen molar-refractivity contribution in [1.82, 2.24) is 15.5 Å². The lowest BCUT2D eigenvalue weighted by molar-refractivity contribution is -0.149. The summed E-state index contributed by atoms with van der Waals surface area (Å²) < 4.78 is 28.6. The average molecular weight is 626 g/mol. The normalized spacial score (nSPS) is 25.4. The Morgan fingerprint density at radius 1 is 0.932 bits per heavy atom. The molecule has 0 aromatic heterocycles. The third-order valence-corrected chi connectivity index (χ3v) is 8.56. The monoisotopic (exact) mass is 625 g/mol. The number of esters is 1. The molecule has 12 nitrogen and oxygen atoms in total. The molecule has 2 saturated heterocycles. The third kappa shape index (κ3) is 9.25. The highest BCUT2D eigenvalue weighted by Gasteiger charge is 2.58. The zero-order valence-electron chi connectivity index (χ0n) is 29.3. The summed E-state index contributed by atoms with van der Waals surface area (Å²) in [6, 6.07) is -2.64. The number of rotatable bonds is 9. The number of carbonyl (C=O) groups excluding carboxylic acids is 4. The van der Waals surface area contributed by atoms with Crippen molar-refractivity contribution in [3.05, 3.63) is 0 Å². The van der Waals surface area contributed by atoms with Gasteiger partial charge < -0.3 is 34.2 Å². The quantitative estimate of drug-likeness (QED) is 0.212. The van der Waals surface area contributed by atoms with Gasteiger partial charge in [0.1, 0.15) is 23.3 Å². The zero-order chi connectivity index (χ0) is 34.1. The first-order valence-electron chi connectivity index (χ1n) is 15.6. The van der Waals surface area contributed by atoms with Crippen LogP contribution in [-0.4, -0.2) is 90.3 Å². The molecule has 3 amide bonds. The van der Waals surface area contributed by atoms with Crippen LogP contribution in [0.15, 0.2) is 0 Å². The number of carbonyl (C=O) groups is 4. The highest BCUT2D eigenvalue weighted by Crippen LogP contribution is 2.44. The van der Waals surface area contributed by atoms with Gasteiger partial charge >= 0.3 is 25.3 Å². The highest BCUT2D eigenvalue weighted by atomic mass is 16.7. The first kappa shape index (κ1) is 37.7. The predicted octanol–water partition coefficient (Wildman–Crippen LogP) is 4.69. The Kier molecular flexibility index (Phi) is 11.5. The van der Waals surface area contributed by atoms with E-state index in [1.807, 2.05) is 48.5 Å². The number of methoxy groups -OCH3 is 1. The first-order chi connectivity index (χ1) is 19.8. The molecule has 13 heteroatoms. The smallest absolute Gasteiger partial charge is 0.457 e. The van der Waals surface area contributed by atoms with Crippen molar-refractivity contribution in [2.24, 2.45) is 11.3 Å². The Morgan fingerprint density at radius 3 is 1.91 bits per heavy atom. The summed E-state index contributed by atoms with van der Waals surface area (Å²) in [4.78, 5) is 54.4. The van der Waals surface area contributed by atoms with Gasteiger partial charge in [0.15, 0.2) is 0 Å². The number of likely N-dealkylation sites (tertiary alicyclic amines) is 1. The number of amides is 3. The number of hydrogen-bond acceptors (Lipinski definition) is 9. The molecule has 2 rings (SSSR count). The van der Waals surface area contributed by atoms with Gasteiger partial charge in [-0.1, -0.05) is 27.2 Å². The van der Waals surface area contributed by atoms with Crippen LogP contribution in [-0.2, 0) is 33.1 Å². The molecular formula is C31H56BN3O9. The molecule has 2 fully saturated rings. The fraction of sp³-hybridized carbons (Fsp3) is 0.871. The molecule has 2 N–H and O–H groups in total. The van der Waals surface area contributed by atoms with Gasteiger partial charge in [-0.2, -0.15) is 0 Å². The van der Waals surface area contributed by atoms with Crippen molar-refractivity contribution < 1.29 is 42.7 Å². The summed E-state index contributed by atoms with van der Waals surface area (Å²) in [7, 11) is 0.825. The van der Waals surface area contributed by atoms with Crippen molar-refractivity contribution in [2.45, 2.75) is 150 Å². The Balaban J connectivity index is 2.39. The van der Waals surface area contributed by atoms with Gasteiger partial charge in [0.2, 0.25) is 5.91 Å². The minimum Gasteiger partial charge on any atom is -0.467 e. The Bertz CT molecular complexity index is 1050. The van der Waals surface area contributed by atoms with E-state index in [0.29, 0.717) is 19.2 Å². The van der Waals surface area contributed by atoms with Crippen LogP contribution in [0.4, 0.5) is 9.59 Å². The van der Waals surface area contributed by atoms with Crippen molar-refractivity contribution in [1.29, 1.82) is 0 Å². The molecule has 0 spiro atoms. The predicted molar refractivity (Wildman–Crippen MR) is 167 cm³/mol. The van der Waals surface area contributed by atoms with Crippen LogP contribution < -0.4 is 10.6 Å². The van der Waals surface area contributed by atoms with Gasteiger partial charge in [-0.15, -0.1) is 0 Å². The van der Waals surface area contributed by atoms with E-state index in [-0.39, 0.29) is 12.5 Å². The molecule has 0 aromatic carbocycles. The maximum atomic E-state index is 13.7. The Morgan fingerprint density at radius 2 is 1.45 bits per heavy atom. The lowest BCUT2D eigenvalue weighted by atomic mass is 9.71. The third-order valence-electron chi connectivity index (χ3n) is 8.56. The van der Waals surface area contributed by atoms with Crippen molar-refractivity contribution in [3.8, 4) is 0 Å². The number of nitrogens with one attached hydrogen (secondary N) is 2. The second kappa shape index (κ2) is 13.4. The standard InChI is InChI=1S/C31H56BN3O9/c1-19(2)21(34-25(38)41-27(3,4)5)23(36)33-20-18-35(26(39)42-28(6,7)8)22(24(37)40-14)31(20,13)16-15-17-32-43-29(9,10)30(11,12)44-32/h19-22H,15-18H2,1-14H3,(H,33,36)(H,34,38)/t20-,21-,22+,31+/m0/s1. The van der Waals surface area contributed by atoms with Gasteiger partial charge in [0.05, 0.1) is 24.4 Å². The van der Waals surface area contributed by atoms with Gasteiger partial charge in [-0.3, -0.25) is 9.69 Å². The number of ether oxygens (including phenoxy) is 3. The fourth-order valence-corrected chi connectivity index (χ4v) is 5.55. The molecule has 4 atom stereocenters. The van der Waals surface area contributed by atoms with E-state index < -0.39 is 77.1 Å². The minimum atomic E-state index is -1.04. The van der Waals surface area contributed by atoms with Crippen molar-refractivity contribution >= 4 is 31.2 Å². The summed E-state index contributed by atoms with van der Waals surface area (Å²) in [5.41, 5.74) is -3.49. The molecule has 0 saturated carbocycles. The molecule has 0 aliphatic carbocycles. The number of hydrogen-bond donors (Lipinski definition) is 2. The second-order valence-corrected chi connectivity index (χ2v) is 15.6. The molecule has 2 aliphatic rings. The van der Waals surface area contributed by atoms with Crippen LogP contribution >= 0.6 is 0 Å². The molecule has 2 aliphatic heterocycles. The molecule has 252 valence electrons. The van der Waals surface area contributed by atoms with Crippen LogP contribution in [0.2, 0.25) is 6.32 Å². The van der Waals surface area contributed by atoms with Gasteiger partial charge in [-0.25, -0.2) is 14.4 Å². The zero-order valence-corrected chi connectivity index (χ0v) is 29.3. The van der Waals surface area contributed by atoms with E-state index in [1.165, 1.54) is 12.0 Å². The molecule has 0 aromatic rings. The molecule has 0 unspecified atom stereocenters. The number of alkyl carbamates (subject to hydrolysis) is 1. The van der Waals surface area contributed by atoms with Crippen molar-refractivity contribution in [3.63, 3.8) is 0 Å². The first-order valence-corrected chi connectivity index (χ1v) is 15.6. The van der Waals surface area contributed by atoms with E-state index in [0.717, 1.165) is 0 Å². The second-order valence-electron chi connectivity index (χ2n) is 15.6. The molecule has 0 bridgehead atoms. The van der Waals surface area contributed by atoms with Crippen LogP contribution in [0.5, 0.6) is 0 Å². The summed E-state index contributed by atoms with van der Waals surface area (Å²) >= 11 is 0. The average Bonchev–Trinajstić information content (AvgIpc) is 3.22. The van der Waals surface area contributed by atoms with Gasteiger partial charge in [0, 0.05) is 12.0 Å². The maximum absolute atomic E-state index is 13.7. The molecular weight excluding hydrogens is 569 g/mol. The van der Waals surface area contributed by atoms with E-state index in [1.54, 1.807) is 41.5 Å². The lowest BCUT2D eigenvalue weighted by Gasteiger charge is -2.37. The van der Waals surface area contributed by atoms with Gasteiger partial charge in [0.25, 0.3) is 0 Å². The molecule has 44 heavy (non-hydrogen) atoms. The summed E-state index contributed by atoms with van der Waals surface area (Å²) in [5, 5.41) is 5.73. The van der Waals surface area contributed by atoms with Crippen LogP contribution in [0.3, 0.4) is 0 Å². The SMILES string of the molecule is COC(=O)[C@H]1N(C(=O)OC(C)(C)C)C[C@H](NC(=O)[C@@H](NC(=O)OC(C)(C)C)C(C)C)[C@@]1(C)CCCB1OC(C)(C)C(C)(C)O1. The minimum absolute atomic E-state index is 0.00463. The Hall–Kier alpha value is -2.54. The van der Waals surface area contributed by atoms with E-state index in [2.05, 4.69) is 10.6 Å². The maximum Gasteiger partial charge on any atom is 0.457 e. The molecule has 0 radical (unpaired) electrons. The van der Waals surface area contributed by atoms with Crippen LogP contribution in [0, 0.1) is 11.3 Å². The summed E-state index contributed by atoms with van der Waals surface area (Å²) in [6.07, 6.45) is 0.129. The van der Waals surface area contributed by atoms with E-state index in [4.69, 9.17) is 23.5 Å². The molecule has 2 heterocycles. The topological polar surface area (TPSA) is 142 Å². The largest absolute Gasteiger partial charge is 0.467 e. The van der Waals surface area contributed by atoms with Crippen molar-refractivity contribution in [2.75, 3.05) is 13.7 Å². The number of nitrogens with zero attached hydrogens (tertiary/aromatic N) is 1. The van der Waals surface area contributed by atoms with Gasteiger partial charge in [-0.05, 0) is 87.9 Å². The highest BCUT2D eigenvalue weighted by molar-refractivity contribution is 6.45. The summed E-state index contributed by atoms with van der Waals surface area (Å²) in [6.45, 7) is 23.9. The van der Waals surface area contributed by atoms with Crippen LogP contribution in [0.1, 0.15) is 103 Å². The fourth-order valence-electron chi connectivity index (χ4n) is 5.55. The lowest BCUT2D eigenvalue weighted by Crippen LogP contribution is -2.57.